The molecule has 2 saturated heterocycles. The van der Waals surface area contributed by atoms with Crippen molar-refractivity contribution in [2.24, 2.45) is 0 Å². The first-order chi connectivity index (χ1) is 6.38. The Morgan fingerprint density at radius 2 is 1.79 bits per heavy atom. The number of carbonyl (C=O) groups is 1. The van der Waals surface area contributed by atoms with Gasteiger partial charge in [-0.15, -0.1) is 35.9 Å². The molecule has 2 fully saturated rings. The summed E-state index contributed by atoms with van der Waals surface area (Å²) in [6.45, 7) is 3.68. The molecule has 82 valence electrons. The smallest absolute Gasteiger partial charge is 0.245 e. The molecule has 0 unspecified atom stereocenters. The number of nitrogens with one attached hydrogen (secondary N) is 1. The zero-order valence-corrected chi connectivity index (χ0v) is 10.3. The molecule has 1 amide bonds. The highest BCUT2D eigenvalue weighted by molar-refractivity contribution is 8.21. The summed E-state index contributed by atoms with van der Waals surface area (Å²) in [5.74, 6) is 2.61. The Bertz CT molecular complexity index is 194. The van der Waals surface area contributed by atoms with E-state index in [2.05, 4.69) is 5.32 Å². The van der Waals surface area contributed by atoms with Gasteiger partial charge in [-0.1, -0.05) is 0 Å². The van der Waals surface area contributed by atoms with E-state index in [4.69, 9.17) is 0 Å². The maximum absolute atomic E-state index is 11.9. The number of halogens is 1. The van der Waals surface area contributed by atoms with Gasteiger partial charge in [0.25, 0.3) is 0 Å². The lowest BCUT2D eigenvalue weighted by Gasteiger charge is -2.29. The second-order valence-corrected chi connectivity index (χ2v) is 5.87. The minimum atomic E-state index is 0. The normalized spacial score (nSPS) is 23.3. The maximum Gasteiger partial charge on any atom is 0.245 e. The minimum absolute atomic E-state index is 0. The Morgan fingerprint density at radius 1 is 1.21 bits per heavy atom. The van der Waals surface area contributed by atoms with Crippen molar-refractivity contribution >= 4 is 41.8 Å². The molecule has 0 aromatic heterocycles. The fourth-order valence-electron chi connectivity index (χ4n) is 1.54. The van der Waals surface area contributed by atoms with Crippen LogP contribution < -0.4 is 5.32 Å². The van der Waals surface area contributed by atoms with Gasteiger partial charge < -0.3 is 10.2 Å². The fraction of sp³-hybridized carbons (Fsp3) is 0.875. The summed E-state index contributed by atoms with van der Waals surface area (Å²) in [6, 6.07) is 0. The average Bonchev–Trinajstić information content (AvgIpc) is 2.71. The molecule has 2 aliphatic rings. The van der Waals surface area contributed by atoms with E-state index in [1.54, 1.807) is 23.5 Å². The molecular weight excluding hydrogens is 240 g/mol. The fourth-order valence-corrected chi connectivity index (χ4v) is 4.28. The van der Waals surface area contributed by atoms with Crippen molar-refractivity contribution in [2.75, 3.05) is 37.7 Å². The summed E-state index contributed by atoms with van der Waals surface area (Å²) in [5.41, 5.74) is 0. The van der Waals surface area contributed by atoms with Crippen LogP contribution in [0.4, 0.5) is 0 Å². The number of hydrogen-bond donors (Lipinski definition) is 1. The number of amides is 1. The van der Waals surface area contributed by atoms with Crippen molar-refractivity contribution in [2.45, 2.75) is 4.58 Å². The molecule has 2 rings (SSSR count). The van der Waals surface area contributed by atoms with E-state index < -0.39 is 0 Å². The summed E-state index contributed by atoms with van der Waals surface area (Å²) in [4.78, 5) is 13.8. The molecule has 1 N–H and O–H groups in total. The van der Waals surface area contributed by atoms with Gasteiger partial charge in [0.2, 0.25) is 5.91 Å². The highest BCUT2D eigenvalue weighted by Crippen LogP contribution is 2.33. The van der Waals surface area contributed by atoms with Crippen LogP contribution in [0.15, 0.2) is 0 Å². The second kappa shape index (κ2) is 6.10. The van der Waals surface area contributed by atoms with E-state index in [-0.39, 0.29) is 17.0 Å². The van der Waals surface area contributed by atoms with Gasteiger partial charge in [0, 0.05) is 37.7 Å². The van der Waals surface area contributed by atoms with Gasteiger partial charge in [0.15, 0.2) is 0 Å². The molecule has 0 aromatic rings. The maximum atomic E-state index is 11.9. The third-order valence-electron chi connectivity index (χ3n) is 2.25. The van der Waals surface area contributed by atoms with Crippen molar-refractivity contribution in [1.82, 2.24) is 10.2 Å². The van der Waals surface area contributed by atoms with Crippen molar-refractivity contribution < 1.29 is 4.79 Å². The molecule has 0 aromatic carbocycles. The summed E-state index contributed by atoms with van der Waals surface area (Å²) in [6.07, 6.45) is 0. The zero-order valence-electron chi connectivity index (χ0n) is 7.90. The molecule has 0 spiro atoms. The minimum Gasteiger partial charge on any atom is -0.338 e. The monoisotopic (exact) mass is 254 g/mol. The topological polar surface area (TPSA) is 32.3 Å². The summed E-state index contributed by atoms with van der Waals surface area (Å²) < 4.78 is 0.193. The number of piperazine rings is 1. The first-order valence-corrected chi connectivity index (χ1v) is 6.70. The Hall–Kier alpha value is 0.420. The molecule has 6 heteroatoms. The average molecular weight is 255 g/mol. The summed E-state index contributed by atoms with van der Waals surface area (Å²) in [5, 5.41) is 3.25. The van der Waals surface area contributed by atoms with E-state index in [1.807, 2.05) is 4.90 Å². The van der Waals surface area contributed by atoms with Gasteiger partial charge in [-0.25, -0.2) is 0 Å². The first kappa shape index (κ1) is 12.5. The van der Waals surface area contributed by atoms with Gasteiger partial charge in [0.05, 0.1) is 0 Å². The van der Waals surface area contributed by atoms with Crippen LogP contribution in [0.5, 0.6) is 0 Å². The Morgan fingerprint density at radius 3 is 2.36 bits per heavy atom. The molecule has 0 radical (unpaired) electrons. The van der Waals surface area contributed by atoms with Crippen molar-refractivity contribution in [3.63, 3.8) is 0 Å². The third kappa shape index (κ3) is 2.95. The third-order valence-corrected chi connectivity index (χ3v) is 5.22. The number of hydrogen-bond acceptors (Lipinski definition) is 4. The molecule has 2 aliphatic heterocycles. The van der Waals surface area contributed by atoms with Gasteiger partial charge >= 0.3 is 0 Å². The molecular formula is C8H15ClN2OS2. The van der Waals surface area contributed by atoms with Crippen molar-refractivity contribution in [3.8, 4) is 0 Å². The number of carbonyl (C=O) groups excluding carboxylic acids is 1. The Kier molecular flexibility index (Phi) is 5.44. The lowest BCUT2D eigenvalue weighted by Crippen LogP contribution is -2.48. The molecule has 14 heavy (non-hydrogen) atoms. The Balaban J connectivity index is 0.000000980. The number of thioether (sulfide) groups is 2. The lowest BCUT2D eigenvalue weighted by molar-refractivity contribution is -0.129. The predicted octanol–water partition coefficient (Wildman–Crippen LogP) is 0.646. The highest BCUT2D eigenvalue weighted by atomic mass is 35.5. The van der Waals surface area contributed by atoms with E-state index in [1.165, 1.54) is 0 Å². The van der Waals surface area contributed by atoms with E-state index in [0.29, 0.717) is 5.91 Å². The van der Waals surface area contributed by atoms with E-state index >= 15 is 0 Å². The van der Waals surface area contributed by atoms with E-state index in [0.717, 1.165) is 37.7 Å². The highest BCUT2D eigenvalue weighted by Gasteiger charge is 2.28. The standard InChI is InChI=1S/C8H14N2OS2.ClH/c11-7(8-12-5-6-13-8)10-3-1-9-2-4-10;/h8-9H,1-6H2;1H. The predicted molar refractivity (Wildman–Crippen MR) is 65.4 cm³/mol. The second-order valence-electron chi connectivity index (χ2n) is 3.15. The summed E-state index contributed by atoms with van der Waals surface area (Å²) >= 11 is 3.59. The SMILES string of the molecule is Cl.O=C(C1SCCS1)N1CCNCC1. The van der Waals surface area contributed by atoms with Crippen molar-refractivity contribution in [3.05, 3.63) is 0 Å². The molecule has 0 saturated carbocycles. The molecule has 0 aliphatic carbocycles. The zero-order chi connectivity index (χ0) is 9.10. The lowest BCUT2D eigenvalue weighted by atomic mass is 10.3. The van der Waals surface area contributed by atoms with Crippen LogP contribution in [0.3, 0.4) is 0 Å². The molecule has 3 nitrogen and oxygen atoms in total. The van der Waals surface area contributed by atoms with Crippen LogP contribution in [0.25, 0.3) is 0 Å². The first-order valence-electron chi connectivity index (χ1n) is 4.60. The van der Waals surface area contributed by atoms with Crippen molar-refractivity contribution in [1.29, 1.82) is 0 Å². The van der Waals surface area contributed by atoms with Crippen LogP contribution in [0.1, 0.15) is 0 Å². The summed E-state index contributed by atoms with van der Waals surface area (Å²) in [7, 11) is 0. The van der Waals surface area contributed by atoms with Crippen LogP contribution >= 0.6 is 35.9 Å². The number of nitrogens with zero attached hydrogens (tertiary/aromatic N) is 1. The van der Waals surface area contributed by atoms with Crippen LogP contribution in [-0.2, 0) is 4.79 Å². The largest absolute Gasteiger partial charge is 0.338 e. The van der Waals surface area contributed by atoms with Gasteiger partial charge in [-0.2, -0.15) is 0 Å². The van der Waals surface area contributed by atoms with E-state index in [9.17, 15) is 4.79 Å². The van der Waals surface area contributed by atoms with Gasteiger partial charge in [-0.3, -0.25) is 4.79 Å². The van der Waals surface area contributed by atoms with Crippen LogP contribution in [-0.4, -0.2) is 53.1 Å². The molecule has 2 heterocycles. The Labute approximate surface area is 99.2 Å². The molecule has 0 atom stereocenters. The molecule has 0 bridgehead atoms. The van der Waals surface area contributed by atoms with Crippen LogP contribution in [0, 0.1) is 0 Å². The van der Waals surface area contributed by atoms with Crippen LogP contribution in [0.2, 0.25) is 0 Å². The number of rotatable bonds is 1. The van der Waals surface area contributed by atoms with Gasteiger partial charge in [0.1, 0.15) is 4.58 Å². The quantitative estimate of drug-likeness (QED) is 0.745. The van der Waals surface area contributed by atoms with Gasteiger partial charge in [-0.05, 0) is 0 Å².